The highest BCUT2D eigenvalue weighted by Gasteiger charge is 2.48. The van der Waals surface area contributed by atoms with Crippen LogP contribution in [0.25, 0.3) is 11.2 Å². The van der Waals surface area contributed by atoms with Crippen LogP contribution in [-0.4, -0.2) is 72.4 Å². The quantitative estimate of drug-likeness (QED) is 0.223. The molecule has 0 bridgehead atoms. The number of hydrogen-bond acceptors (Lipinski definition) is 9. The first kappa shape index (κ1) is 26.8. The van der Waals surface area contributed by atoms with Crippen LogP contribution in [0, 0.1) is 5.92 Å². The molecule has 208 valence electrons. The van der Waals surface area contributed by atoms with Gasteiger partial charge in [0.15, 0.2) is 23.5 Å². The van der Waals surface area contributed by atoms with Crippen LogP contribution in [0.5, 0.6) is 0 Å². The molecule has 3 heterocycles. The first-order valence-electron chi connectivity index (χ1n) is 13.2. The van der Waals surface area contributed by atoms with Crippen molar-refractivity contribution >= 4 is 28.9 Å². The third-order valence-corrected chi connectivity index (χ3v) is 7.43. The number of nitrogens with two attached hydrogens (primary N) is 1. The average molecular weight is 540 g/mol. The number of rotatable bonds is 8. The van der Waals surface area contributed by atoms with Gasteiger partial charge in [0.05, 0.1) is 6.33 Å². The lowest BCUT2D eigenvalue weighted by Gasteiger charge is -2.25. The number of H-pyrrole nitrogens is 1. The van der Waals surface area contributed by atoms with Crippen LogP contribution in [0.15, 0.2) is 41.5 Å². The van der Waals surface area contributed by atoms with Crippen molar-refractivity contribution in [3.63, 3.8) is 0 Å². The van der Waals surface area contributed by atoms with Crippen molar-refractivity contribution in [3.8, 4) is 0 Å². The number of benzene rings is 1. The number of carbonyl (C=O) groups is 2. The highest BCUT2D eigenvalue weighted by molar-refractivity contribution is 5.90. The van der Waals surface area contributed by atoms with E-state index >= 15 is 0 Å². The second kappa shape index (κ2) is 11.5. The van der Waals surface area contributed by atoms with Crippen LogP contribution in [-0.2, 0) is 20.7 Å². The molecule has 2 aromatic heterocycles. The molecule has 2 amide bonds. The summed E-state index contributed by atoms with van der Waals surface area (Å²) >= 11 is 0. The number of carbonyl (C=O) groups excluding carboxylic acids is 2. The smallest absolute Gasteiger partial charge is 0.280 e. The number of hydrogen-bond donors (Lipinski definition) is 6. The minimum absolute atomic E-state index is 0.0256. The Morgan fingerprint density at radius 2 is 1.90 bits per heavy atom. The predicted molar refractivity (Wildman–Crippen MR) is 140 cm³/mol. The second-order valence-electron chi connectivity index (χ2n) is 10.2. The molecule has 39 heavy (non-hydrogen) atoms. The van der Waals surface area contributed by atoms with Gasteiger partial charge < -0.3 is 31.3 Å². The number of nitrogens with zero attached hydrogens (tertiary/aromatic N) is 3. The standard InChI is InChI=1S/C26H33N7O6/c27-26-31-21-17(23(37)32-26)29-13-33(21)25-19(35)18(34)20(39-25)24(38)30-16(11-14-7-3-1-4-8-14)22(36)28-12-15-9-5-2-6-10-15/h1,3-4,7-8,13,15-16,18-20,25,34-35H,2,5-6,9-12H2,(H,28,36)(H,30,38)(H3,27,31,32,37)/t16-,18-,19+,20-,25+/m0/s1. The molecule has 7 N–H and O–H groups in total. The van der Waals surface area contributed by atoms with Gasteiger partial charge in [0.25, 0.3) is 11.5 Å². The molecule has 1 aliphatic heterocycles. The van der Waals surface area contributed by atoms with Crippen molar-refractivity contribution in [3.05, 3.63) is 52.6 Å². The number of fused-ring (bicyclic) bond motifs is 1. The Morgan fingerprint density at radius 1 is 1.15 bits per heavy atom. The maximum atomic E-state index is 13.3. The Morgan fingerprint density at radius 3 is 2.64 bits per heavy atom. The van der Waals surface area contributed by atoms with Crippen LogP contribution in [0.3, 0.4) is 0 Å². The van der Waals surface area contributed by atoms with Gasteiger partial charge in [0.1, 0.15) is 18.2 Å². The Kier molecular flexibility index (Phi) is 7.91. The fraction of sp³-hybridized carbons (Fsp3) is 0.500. The SMILES string of the molecule is Nc1nc2c(ncn2[C@@H]2O[C@H](C(=O)N[C@@H](Cc3ccccc3)C(=O)NCC3CCCCC3)[C@@H](O)[C@H]2O)c(=O)[nH]1. The lowest BCUT2D eigenvalue weighted by atomic mass is 9.89. The zero-order valence-corrected chi connectivity index (χ0v) is 21.3. The number of aliphatic hydroxyl groups is 2. The van der Waals surface area contributed by atoms with Gasteiger partial charge in [-0.3, -0.25) is 23.9 Å². The van der Waals surface area contributed by atoms with Gasteiger partial charge in [-0.15, -0.1) is 0 Å². The van der Waals surface area contributed by atoms with E-state index in [-0.39, 0.29) is 29.4 Å². The Labute approximate surface area is 223 Å². The van der Waals surface area contributed by atoms with Gasteiger partial charge in [-0.2, -0.15) is 4.98 Å². The van der Waals surface area contributed by atoms with Gasteiger partial charge in [-0.1, -0.05) is 49.6 Å². The minimum atomic E-state index is -1.62. The van der Waals surface area contributed by atoms with Crippen molar-refractivity contribution < 1.29 is 24.5 Å². The Bertz CT molecular complexity index is 1370. The third kappa shape index (κ3) is 5.79. The van der Waals surface area contributed by atoms with E-state index in [2.05, 4.69) is 25.6 Å². The zero-order valence-electron chi connectivity index (χ0n) is 21.3. The normalized spacial score (nSPS) is 24.5. The minimum Gasteiger partial charge on any atom is -0.387 e. The molecule has 0 radical (unpaired) electrons. The maximum Gasteiger partial charge on any atom is 0.280 e. The molecular weight excluding hydrogens is 506 g/mol. The fourth-order valence-electron chi connectivity index (χ4n) is 5.31. The summed E-state index contributed by atoms with van der Waals surface area (Å²) in [7, 11) is 0. The van der Waals surface area contributed by atoms with E-state index in [1.54, 1.807) is 0 Å². The average Bonchev–Trinajstić information content (AvgIpc) is 3.48. The summed E-state index contributed by atoms with van der Waals surface area (Å²) in [5.41, 5.74) is 5.89. The molecule has 1 saturated carbocycles. The van der Waals surface area contributed by atoms with E-state index in [4.69, 9.17) is 10.5 Å². The molecule has 13 nitrogen and oxygen atoms in total. The van der Waals surface area contributed by atoms with Crippen LogP contribution >= 0.6 is 0 Å². The van der Waals surface area contributed by atoms with Gasteiger partial charge in [0, 0.05) is 13.0 Å². The van der Waals surface area contributed by atoms with Gasteiger partial charge >= 0.3 is 0 Å². The molecule has 5 atom stereocenters. The van der Waals surface area contributed by atoms with Gasteiger partial charge in [-0.25, -0.2) is 4.98 Å². The second-order valence-corrected chi connectivity index (χ2v) is 10.2. The summed E-state index contributed by atoms with van der Waals surface area (Å²) in [6.07, 6.45) is 1.14. The van der Waals surface area contributed by atoms with E-state index in [9.17, 15) is 24.6 Å². The van der Waals surface area contributed by atoms with Crippen LogP contribution in [0.1, 0.15) is 43.9 Å². The molecule has 1 aromatic carbocycles. The van der Waals surface area contributed by atoms with E-state index in [1.165, 1.54) is 17.3 Å². The highest BCUT2D eigenvalue weighted by atomic mass is 16.6. The molecule has 2 aliphatic rings. The van der Waals surface area contributed by atoms with Gasteiger partial charge in [-0.05, 0) is 24.3 Å². The summed E-state index contributed by atoms with van der Waals surface area (Å²) in [6.45, 7) is 0.534. The Balaban J connectivity index is 1.31. The summed E-state index contributed by atoms with van der Waals surface area (Å²) in [5.74, 6) is -0.847. The maximum absolute atomic E-state index is 13.3. The Hall–Kier alpha value is -3.81. The number of nitrogens with one attached hydrogen (secondary N) is 3. The molecule has 13 heteroatoms. The molecule has 2 fully saturated rings. The van der Waals surface area contributed by atoms with Crippen LogP contribution < -0.4 is 21.9 Å². The predicted octanol–water partition coefficient (Wildman–Crippen LogP) is -0.255. The number of aliphatic hydroxyl groups excluding tert-OH is 2. The number of aromatic amines is 1. The van der Waals surface area contributed by atoms with E-state index in [0.717, 1.165) is 31.2 Å². The zero-order chi connectivity index (χ0) is 27.5. The number of aromatic nitrogens is 4. The van der Waals surface area contributed by atoms with Crippen molar-refractivity contribution in [2.24, 2.45) is 5.92 Å². The molecule has 1 saturated heterocycles. The van der Waals surface area contributed by atoms with Crippen molar-refractivity contribution in [1.29, 1.82) is 0 Å². The van der Waals surface area contributed by atoms with Crippen molar-refractivity contribution in [2.45, 2.75) is 69.1 Å². The lowest BCUT2D eigenvalue weighted by molar-refractivity contribution is -0.140. The third-order valence-electron chi connectivity index (χ3n) is 7.43. The number of anilines is 1. The summed E-state index contributed by atoms with van der Waals surface area (Å²) in [6, 6.07) is 8.35. The van der Waals surface area contributed by atoms with Crippen molar-refractivity contribution in [1.82, 2.24) is 30.2 Å². The van der Waals surface area contributed by atoms with Crippen LogP contribution in [0.4, 0.5) is 5.95 Å². The molecule has 3 aromatic rings. The molecule has 5 rings (SSSR count). The van der Waals surface area contributed by atoms with E-state index in [1.807, 2.05) is 30.3 Å². The van der Waals surface area contributed by atoms with E-state index < -0.39 is 42.0 Å². The monoisotopic (exact) mass is 539 g/mol. The highest BCUT2D eigenvalue weighted by Crippen LogP contribution is 2.31. The van der Waals surface area contributed by atoms with Crippen molar-refractivity contribution in [2.75, 3.05) is 12.3 Å². The number of amides is 2. The van der Waals surface area contributed by atoms with E-state index in [0.29, 0.717) is 12.5 Å². The number of imidazole rings is 1. The molecule has 0 spiro atoms. The largest absolute Gasteiger partial charge is 0.387 e. The number of ether oxygens (including phenoxy) is 1. The first-order valence-corrected chi connectivity index (χ1v) is 13.2. The lowest BCUT2D eigenvalue weighted by Crippen LogP contribution is -2.53. The van der Waals surface area contributed by atoms with Crippen LogP contribution in [0.2, 0.25) is 0 Å². The molecule has 1 aliphatic carbocycles. The topological polar surface area (TPSA) is 197 Å². The summed E-state index contributed by atoms with van der Waals surface area (Å²) in [4.78, 5) is 49.0. The van der Waals surface area contributed by atoms with Gasteiger partial charge in [0.2, 0.25) is 11.9 Å². The summed E-state index contributed by atoms with van der Waals surface area (Å²) in [5, 5.41) is 27.1. The number of nitrogen functional groups attached to an aromatic ring is 1. The first-order chi connectivity index (χ1) is 18.8. The summed E-state index contributed by atoms with van der Waals surface area (Å²) < 4.78 is 6.99. The molecule has 0 unspecified atom stereocenters. The molecular formula is C26H33N7O6. The fourth-order valence-corrected chi connectivity index (χ4v) is 5.31.